The number of nitrogens with two attached hydrogens (primary N) is 1. The first-order valence-corrected chi connectivity index (χ1v) is 4.85. The number of rotatable bonds is 2. The molecule has 3 nitrogen and oxygen atoms in total. The van der Waals surface area contributed by atoms with Crippen LogP contribution in [0.4, 0.5) is 0 Å². The minimum atomic E-state index is 0.351. The Kier molecular flexibility index (Phi) is 2.66. The van der Waals surface area contributed by atoms with Gasteiger partial charge in [0.05, 0.1) is 12.8 Å². The number of nitrogens with zero attached hydrogens (tertiary/aromatic N) is 1. The first kappa shape index (κ1) is 8.78. The van der Waals surface area contributed by atoms with E-state index in [-0.39, 0.29) is 0 Å². The van der Waals surface area contributed by atoms with Gasteiger partial charge in [0.15, 0.2) is 0 Å². The van der Waals surface area contributed by atoms with Crippen molar-refractivity contribution in [3.8, 4) is 0 Å². The molecule has 0 unspecified atom stereocenters. The molecule has 13 heavy (non-hydrogen) atoms. The van der Waals surface area contributed by atoms with E-state index in [0.29, 0.717) is 6.04 Å². The van der Waals surface area contributed by atoms with E-state index < -0.39 is 0 Å². The Bertz CT molecular complexity index is 245. The van der Waals surface area contributed by atoms with E-state index in [1.54, 1.807) is 6.26 Å². The van der Waals surface area contributed by atoms with E-state index >= 15 is 0 Å². The molecule has 72 valence electrons. The van der Waals surface area contributed by atoms with E-state index in [9.17, 15) is 0 Å². The van der Waals surface area contributed by atoms with Gasteiger partial charge in [0.2, 0.25) is 0 Å². The monoisotopic (exact) mass is 180 g/mol. The SMILES string of the molecule is N[C@@H]1CCCN(Cc2ccco2)C1. The second-order valence-corrected chi connectivity index (χ2v) is 3.72. The normalized spacial score (nSPS) is 24.8. The van der Waals surface area contributed by atoms with Gasteiger partial charge in [-0.25, -0.2) is 0 Å². The fourth-order valence-corrected chi connectivity index (χ4v) is 1.86. The van der Waals surface area contributed by atoms with Gasteiger partial charge in [-0.2, -0.15) is 0 Å². The summed E-state index contributed by atoms with van der Waals surface area (Å²) in [5, 5.41) is 0. The Labute approximate surface area is 78.5 Å². The van der Waals surface area contributed by atoms with Crippen LogP contribution < -0.4 is 5.73 Å². The first-order chi connectivity index (χ1) is 6.34. The summed E-state index contributed by atoms with van der Waals surface area (Å²) >= 11 is 0. The van der Waals surface area contributed by atoms with E-state index in [2.05, 4.69) is 4.90 Å². The van der Waals surface area contributed by atoms with Gasteiger partial charge in [-0.1, -0.05) is 0 Å². The van der Waals surface area contributed by atoms with E-state index in [0.717, 1.165) is 31.8 Å². The summed E-state index contributed by atoms with van der Waals surface area (Å²) in [5.74, 6) is 1.04. The third-order valence-electron chi connectivity index (χ3n) is 2.50. The minimum absolute atomic E-state index is 0.351. The first-order valence-electron chi connectivity index (χ1n) is 4.85. The molecule has 0 saturated carbocycles. The molecule has 1 saturated heterocycles. The van der Waals surface area contributed by atoms with Gasteiger partial charge < -0.3 is 10.2 Å². The zero-order chi connectivity index (χ0) is 9.10. The van der Waals surface area contributed by atoms with Crippen LogP contribution in [0.2, 0.25) is 0 Å². The van der Waals surface area contributed by atoms with Gasteiger partial charge in [0.1, 0.15) is 5.76 Å². The maximum atomic E-state index is 5.88. The third kappa shape index (κ3) is 2.32. The summed E-state index contributed by atoms with van der Waals surface area (Å²) in [4.78, 5) is 2.35. The van der Waals surface area contributed by atoms with Crippen molar-refractivity contribution in [3.63, 3.8) is 0 Å². The van der Waals surface area contributed by atoms with Crippen molar-refractivity contribution in [2.45, 2.75) is 25.4 Å². The lowest BCUT2D eigenvalue weighted by Crippen LogP contribution is -2.42. The van der Waals surface area contributed by atoms with Crippen LogP contribution in [0.15, 0.2) is 22.8 Å². The van der Waals surface area contributed by atoms with Crippen LogP contribution in [0, 0.1) is 0 Å². The summed E-state index contributed by atoms with van der Waals surface area (Å²) < 4.78 is 5.29. The summed E-state index contributed by atoms with van der Waals surface area (Å²) in [5.41, 5.74) is 5.88. The van der Waals surface area contributed by atoms with E-state index in [1.165, 1.54) is 6.42 Å². The van der Waals surface area contributed by atoms with Gasteiger partial charge in [0.25, 0.3) is 0 Å². The molecule has 3 heteroatoms. The molecule has 2 rings (SSSR count). The summed E-state index contributed by atoms with van der Waals surface area (Å²) in [7, 11) is 0. The fourth-order valence-electron chi connectivity index (χ4n) is 1.86. The predicted octanol–water partition coefficient (Wildman–Crippen LogP) is 1.20. The lowest BCUT2D eigenvalue weighted by Gasteiger charge is -2.29. The highest BCUT2D eigenvalue weighted by Gasteiger charge is 2.16. The standard InChI is InChI=1S/C10H16N2O/c11-9-3-1-5-12(7-9)8-10-4-2-6-13-10/h2,4,6,9H,1,3,5,7-8,11H2/t9-/m1/s1. The molecule has 1 aliphatic heterocycles. The van der Waals surface area contributed by atoms with E-state index in [1.807, 2.05) is 12.1 Å². The molecule has 0 spiro atoms. The van der Waals surface area contributed by atoms with Crippen LogP contribution in [-0.2, 0) is 6.54 Å². The zero-order valence-corrected chi connectivity index (χ0v) is 7.78. The lowest BCUT2D eigenvalue weighted by atomic mass is 10.1. The maximum absolute atomic E-state index is 5.88. The van der Waals surface area contributed by atoms with Crippen molar-refractivity contribution in [2.75, 3.05) is 13.1 Å². The Hall–Kier alpha value is -0.800. The summed E-state index contributed by atoms with van der Waals surface area (Å²) in [6.45, 7) is 3.05. The maximum Gasteiger partial charge on any atom is 0.117 e. The van der Waals surface area contributed by atoms with Crippen molar-refractivity contribution >= 4 is 0 Å². The van der Waals surface area contributed by atoms with Gasteiger partial charge in [-0.15, -0.1) is 0 Å². The Balaban J connectivity index is 1.87. The topological polar surface area (TPSA) is 42.4 Å². The van der Waals surface area contributed by atoms with Gasteiger partial charge in [-0.3, -0.25) is 4.90 Å². The minimum Gasteiger partial charge on any atom is -0.468 e. The molecule has 0 aliphatic carbocycles. The second kappa shape index (κ2) is 3.94. The van der Waals surface area contributed by atoms with Gasteiger partial charge >= 0.3 is 0 Å². The lowest BCUT2D eigenvalue weighted by molar-refractivity contribution is 0.188. The summed E-state index contributed by atoms with van der Waals surface area (Å²) in [6.07, 6.45) is 4.09. The van der Waals surface area contributed by atoms with Crippen LogP contribution >= 0.6 is 0 Å². The van der Waals surface area contributed by atoms with Crippen LogP contribution in [0.3, 0.4) is 0 Å². The Morgan fingerprint density at radius 2 is 2.54 bits per heavy atom. The molecular formula is C10H16N2O. The van der Waals surface area contributed by atoms with Crippen molar-refractivity contribution in [3.05, 3.63) is 24.2 Å². The average Bonchev–Trinajstić information content (AvgIpc) is 2.57. The largest absolute Gasteiger partial charge is 0.468 e. The van der Waals surface area contributed by atoms with Crippen molar-refractivity contribution in [2.24, 2.45) is 5.73 Å². The zero-order valence-electron chi connectivity index (χ0n) is 7.78. The number of piperidine rings is 1. The molecule has 1 aromatic rings. The van der Waals surface area contributed by atoms with Crippen LogP contribution in [-0.4, -0.2) is 24.0 Å². The number of furan rings is 1. The Morgan fingerprint density at radius 1 is 1.62 bits per heavy atom. The molecule has 0 bridgehead atoms. The molecule has 0 radical (unpaired) electrons. The van der Waals surface area contributed by atoms with Crippen molar-refractivity contribution < 1.29 is 4.42 Å². The molecule has 2 N–H and O–H groups in total. The highest BCUT2D eigenvalue weighted by molar-refractivity contribution is 4.98. The number of hydrogen-bond donors (Lipinski definition) is 1. The molecule has 0 aromatic carbocycles. The fraction of sp³-hybridized carbons (Fsp3) is 0.600. The van der Waals surface area contributed by atoms with E-state index in [4.69, 9.17) is 10.2 Å². The van der Waals surface area contributed by atoms with Crippen LogP contribution in [0.1, 0.15) is 18.6 Å². The highest BCUT2D eigenvalue weighted by atomic mass is 16.3. The number of likely N-dealkylation sites (tertiary alicyclic amines) is 1. The van der Waals surface area contributed by atoms with Gasteiger partial charge in [0, 0.05) is 12.6 Å². The molecule has 1 aliphatic rings. The molecule has 1 aromatic heterocycles. The smallest absolute Gasteiger partial charge is 0.117 e. The van der Waals surface area contributed by atoms with Crippen LogP contribution in [0.25, 0.3) is 0 Å². The average molecular weight is 180 g/mol. The second-order valence-electron chi connectivity index (χ2n) is 3.72. The van der Waals surface area contributed by atoms with Crippen molar-refractivity contribution in [1.82, 2.24) is 4.90 Å². The molecule has 1 atom stereocenters. The third-order valence-corrected chi connectivity index (χ3v) is 2.50. The summed E-state index contributed by atoms with van der Waals surface area (Å²) in [6, 6.07) is 4.29. The van der Waals surface area contributed by atoms with Crippen LogP contribution in [0.5, 0.6) is 0 Å². The van der Waals surface area contributed by atoms with Crippen molar-refractivity contribution in [1.29, 1.82) is 0 Å². The predicted molar refractivity (Wildman–Crippen MR) is 51.2 cm³/mol. The molecule has 1 fully saturated rings. The molecule has 0 amide bonds. The quantitative estimate of drug-likeness (QED) is 0.743. The van der Waals surface area contributed by atoms with Gasteiger partial charge in [-0.05, 0) is 31.5 Å². The Morgan fingerprint density at radius 3 is 3.23 bits per heavy atom. The molecular weight excluding hydrogens is 164 g/mol. The highest BCUT2D eigenvalue weighted by Crippen LogP contribution is 2.12. The number of hydrogen-bond acceptors (Lipinski definition) is 3. The molecule has 2 heterocycles.